The maximum atomic E-state index is 14.4. The predicted molar refractivity (Wildman–Crippen MR) is 99.2 cm³/mol. The van der Waals surface area contributed by atoms with Gasteiger partial charge in [-0.3, -0.25) is 0 Å². The van der Waals surface area contributed by atoms with Crippen LogP contribution < -0.4 is 4.74 Å². The minimum atomic E-state index is -0.662. The second-order valence-corrected chi connectivity index (χ2v) is 6.79. The van der Waals surface area contributed by atoms with Gasteiger partial charge in [0.25, 0.3) is 0 Å². The molecule has 1 atom stereocenters. The molecule has 144 valence electrons. The lowest BCUT2D eigenvalue weighted by atomic mass is 9.94. The summed E-state index contributed by atoms with van der Waals surface area (Å²) >= 11 is 0. The molecular formula is C22H24F2O3. The van der Waals surface area contributed by atoms with Gasteiger partial charge in [-0.05, 0) is 55.0 Å². The van der Waals surface area contributed by atoms with Gasteiger partial charge in [0.15, 0.2) is 11.6 Å². The van der Waals surface area contributed by atoms with Crippen LogP contribution in [0.15, 0.2) is 30.3 Å². The molecule has 0 saturated heterocycles. The highest BCUT2D eigenvalue weighted by molar-refractivity contribution is 5.93. The van der Waals surface area contributed by atoms with Gasteiger partial charge >= 0.3 is 5.97 Å². The molecule has 27 heavy (non-hydrogen) atoms. The van der Waals surface area contributed by atoms with Crippen LogP contribution >= 0.6 is 0 Å². The smallest absolute Gasteiger partial charge is 0.341 e. The molecule has 0 saturated carbocycles. The van der Waals surface area contributed by atoms with Crippen molar-refractivity contribution in [2.45, 2.75) is 52.1 Å². The van der Waals surface area contributed by atoms with Crippen LogP contribution in [0.2, 0.25) is 0 Å². The Hall–Kier alpha value is -2.43. The second-order valence-electron chi connectivity index (χ2n) is 6.79. The van der Waals surface area contributed by atoms with Crippen LogP contribution in [0.4, 0.5) is 8.78 Å². The summed E-state index contributed by atoms with van der Waals surface area (Å²) < 4.78 is 39.1. The summed E-state index contributed by atoms with van der Waals surface area (Å²) in [5.41, 5.74) is 2.18. The van der Waals surface area contributed by atoms with Crippen molar-refractivity contribution in [1.29, 1.82) is 0 Å². The molecule has 0 fully saturated rings. The number of halogens is 2. The molecule has 0 radical (unpaired) electrons. The van der Waals surface area contributed by atoms with Gasteiger partial charge in [0, 0.05) is 6.42 Å². The summed E-state index contributed by atoms with van der Waals surface area (Å²) in [4.78, 5) is 12.3. The lowest BCUT2D eigenvalue weighted by Gasteiger charge is -2.25. The Balaban J connectivity index is 1.68. The van der Waals surface area contributed by atoms with E-state index in [9.17, 15) is 13.6 Å². The quantitative estimate of drug-likeness (QED) is 0.638. The number of esters is 1. The van der Waals surface area contributed by atoms with Gasteiger partial charge in [0.05, 0.1) is 6.61 Å². The normalized spacial score (nSPS) is 16.0. The lowest BCUT2D eigenvalue weighted by Crippen LogP contribution is -2.29. The Morgan fingerprint density at radius 2 is 1.96 bits per heavy atom. The topological polar surface area (TPSA) is 35.5 Å². The molecule has 3 nitrogen and oxygen atoms in total. The largest absolute Gasteiger partial charge is 0.491 e. The molecule has 0 bridgehead atoms. The van der Waals surface area contributed by atoms with Gasteiger partial charge in [0.1, 0.15) is 17.5 Å². The van der Waals surface area contributed by atoms with Crippen LogP contribution in [0.5, 0.6) is 5.75 Å². The number of ether oxygens (including phenoxy) is 2. The second kappa shape index (κ2) is 8.51. The first-order chi connectivity index (χ1) is 13.0. The van der Waals surface area contributed by atoms with Crippen LogP contribution in [-0.4, -0.2) is 18.7 Å². The average Bonchev–Trinajstić information content (AvgIpc) is 2.64. The molecule has 0 spiro atoms. The molecule has 3 rings (SSSR count). The zero-order valence-corrected chi connectivity index (χ0v) is 15.7. The first-order valence-electron chi connectivity index (χ1n) is 9.45. The molecular weight excluding hydrogens is 350 g/mol. The Morgan fingerprint density at radius 1 is 1.15 bits per heavy atom. The fourth-order valence-electron chi connectivity index (χ4n) is 3.46. The van der Waals surface area contributed by atoms with E-state index in [0.29, 0.717) is 31.4 Å². The molecule has 1 heterocycles. The monoisotopic (exact) mass is 374 g/mol. The molecule has 0 aliphatic carbocycles. The lowest BCUT2D eigenvalue weighted by molar-refractivity contribution is 0.0230. The van der Waals surface area contributed by atoms with Gasteiger partial charge in [-0.1, -0.05) is 31.5 Å². The van der Waals surface area contributed by atoms with Crippen LogP contribution in [-0.2, 0) is 24.0 Å². The van der Waals surface area contributed by atoms with Crippen LogP contribution in [0, 0.1) is 11.6 Å². The van der Waals surface area contributed by atoms with Crippen molar-refractivity contribution in [2.24, 2.45) is 0 Å². The van der Waals surface area contributed by atoms with Crippen LogP contribution in [0.25, 0.3) is 0 Å². The SMILES string of the molecule is CCCc1ccc(CCC2Cc3ccc(OCC)c(F)c3C(=O)O2)cc1F. The highest BCUT2D eigenvalue weighted by Crippen LogP contribution is 2.30. The molecule has 5 heteroatoms. The molecule has 1 aliphatic rings. The number of cyclic esters (lactones) is 1. The van der Waals surface area contributed by atoms with Crippen molar-refractivity contribution in [3.8, 4) is 5.75 Å². The third-order valence-electron chi connectivity index (χ3n) is 4.81. The van der Waals surface area contributed by atoms with E-state index >= 15 is 0 Å². The molecule has 1 aliphatic heterocycles. The van der Waals surface area contributed by atoms with Gasteiger partial charge < -0.3 is 9.47 Å². The predicted octanol–water partition coefficient (Wildman–Crippen LogP) is 5.03. The first kappa shape index (κ1) is 19.3. The summed E-state index contributed by atoms with van der Waals surface area (Å²) in [6.45, 7) is 4.09. The van der Waals surface area contributed by atoms with Crippen molar-refractivity contribution in [1.82, 2.24) is 0 Å². The van der Waals surface area contributed by atoms with E-state index in [1.165, 1.54) is 0 Å². The summed E-state index contributed by atoms with van der Waals surface area (Å²) in [7, 11) is 0. The van der Waals surface area contributed by atoms with E-state index in [1.807, 2.05) is 19.1 Å². The molecule has 0 aromatic heterocycles. The van der Waals surface area contributed by atoms with Gasteiger partial charge in [0.2, 0.25) is 0 Å². The van der Waals surface area contributed by atoms with E-state index in [1.54, 1.807) is 25.1 Å². The van der Waals surface area contributed by atoms with Crippen molar-refractivity contribution in [3.63, 3.8) is 0 Å². The summed E-state index contributed by atoms with van der Waals surface area (Å²) in [5, 5.41) is 0. The number of hydrogen-bond donors (Lipinski definition) is 0. The van der Waals surface area contributed by atoms with Crippen molar-refractivity contribution >= 4 is 5.97 Å². The van der Waals surface area contributed by atoms with E-state index < -0.39 is 11.8 Å². The average molecular weight is 374 g/mol. The minimum Gasteiger partial charge on any atom is -0.491 e. The van der Waals surface area contributed by atoms with Gasteiger partial charge in [-0.15, -0.1) is 0 Å². The zero-order chi connectivity index (χ0) is 19.4. The Kier molecular flexibility index (Phi) is 6.09. The maximum absolute atomic E-state index is 14.4. The molecule has 0 N–H and O–H groups in total. The van der Waals surface area contributed by atoms with E-state index in [2.05, 4.69) is 0 Å². The van der Waals surface area contributed by atoms with E-state index in [-0.39, 0.29) is 23.2 Å². The Morgan fingerprint density at radius 3 is 2.67 bits per heavy atom. The van der Waals surface area contributed by atoms with Crippen molar-refractivity contribution < 1.29 is 23.0 Å². The molecule has 2 aromatic rings. The van der Waals surface area contributed by atoms with Crippen LogP contribution in [0.1, 0.15) is 53.7 Å². The third-order valence-corrected chi connectivity index (χ3v) is 4.81. The van der Waals surface area contributed by atoms with E-state index in [4.69, 9.17) is 9.47 Å². The minimum absolute atomic E-state index is 0.0350. The van der Waals surface area contributed by atoms with E-state index in [0.717, 1.165) is 24.0 Å². The van der Waals surface area contributed by atoms with Gasteiger partial charge in [-0.25, -0.2) is 13.6 Å². The Bertz CT molecular complexity index is 833. The van der Waals surface area contributed by atoms with Gasteiger partial charge in [-0.2, -0.15) is 0 Å². The maximum Gasteiger partial charge on any atom is 0.341 e. The molecule has 2 aromatic carbocycles. The number of carbonyl (C=O) groups excluding carboxylic acids is 1. The number of carbonyl (C=O) groups is 1. The number of fused-ring (bicyclic) bond motifs is 1. The third kappa shape index (κ3) is 4.29. The number of benzene rings is 2. The zero-order valence-electron chi connectivity index (χ0n) is 15.7. The van der Waals surface area contributed by atoms with Crippen LogP contribution in [0.3, 0.4) is 0 Å². The Labute approximate surface area is 158 Å². The fraction of sp³-hybridized carbons (Fsp3) is 0.409. The molecule has 0 amide bonds. The van der Waals surface area contributed by atoms with Crippen molar-refractivity contribution in [3.05, 3.63) is 64.2 Å². The van der Waals surface area contributed by atoms with Crippen molar-refractivity contribution in [2.75, 3.05) is 6.61 Å². The number of hydrogen-bond acceptors (Lipinski definition) is 3. The summed E-state index contributed by atoms with van der Waals surface area (Å²) in [5.74, 6) is -1.45. The first-order valence-corrected chi connectivity index (χ1v) is 9.45. The highest BCUT2D eigenvalue weighted by atomic mass is 19.1. The fourth-order valence-corrected chi connectivity index (χ4v) is 3.46. The molecule has 1 unspecified atom stereocenters. The standard InChI is InChI=1S/C22H24F2O3/c1-3-5-15-8-6-14(12-18(15)23)7-10-17-13-16-9-11-19(26-4-2)21(24)20(16)22(25)27-17/h6,8-9,11-12,17H,3-5,7,10,13H2,1-2H3. The number of rotatable bonds is 7. The summed E-state index contributed by atoms with van der Waals surface area (Å²) in [6.07, 6.45) is 2.87. The highest BCUT2D eigenvalue weighted by Gasteiger charge is 2.30. The summed E-state index contributed by atoms with van der Waals surface area (Å²) in [6, 6.07) is 8.56. The number of aryl methyl sites for hydroxylation is 2.